The Hall–Kier alpha value is -3.36. The first-order valence-corrected chi connectivity index (χ1v) is 13.5. The van der Waals surface area contributed by atoms with E-state index in [1.165, 1.54) is 30.1 Å². The predicted molar refractivity (Wildman–Crippen MR) is 142 cm³/mol. The third-order valence-corrected chi connectivity index (χ3v) is 7.85. The average molecular weight is 528 g/mol. The van der Waals surface area contributed by atoms with Crippen molar-refractivity contribution >= 4 is 39.1 Å². The lowest BCUT2D eigenvalue weighted by molar-refractivity contribution is -0.139. The number of nitrogens with one attached hydrogen (secondary N) is 1. The number of anilines is 1. The van der Waals surface area contributed by atoms with Crippen LogP contribution in [-0.4, -0.2) is 51.3 Å². The maximum Gasteiger partial charge on any atom is 0.264 e. The normalized spacial score (nSPS) is 12.0. The Labute approximate surface area is 217 Å². The number of likely N-dealkylation sites (N-methyl/N-ethyl adjacent to an activating group) is 1. The van der Waals surface area contributed by atoms with Crippen molar-refractivity contribution in [3.8, 4) is 0 Å². The van der Waals surface area contributed by atoms with Crippen LogP contribution in [0.5, 0.6) is 0 Å². The van der Waals surface area contributed by atoms with Gasteiger partial charge in [-0.25, -0.2) is 8.42 Å². The van der Waals surface area contributed by atoms with Crippen molar-refractivity contribution in [2.75, 3.05) is 24.4 Å². The molecule has 0 saturated carbocycles. The molecular weight excluding hydrogens is 498 g/mol. The summed E-state index contributed by atoms with van der Waals surface area (Å²) in [6.07, 6.45) is 0.894. The maximum atomic E-state index is 13.7. The molecular formula is C27H30ClN3O4S. The summed E-state index contributed by atoms with van der Waals surface area (Å²) in [5, 5.41) is 2.95. The molecule has 0 aliphatic rings. The number of hydrogen-bond donors (Lipinski definition) is 1. The molecule has 7 nitrogen and oxygen atoms in total. The molecule has 0 spiro atoms. The zero-order chi connectivity index (χ0) is 26.1. The van der Waals surface area contributed by atoms with Crippen LogP contribution < -0.4 is 9.62 Å². The van der Waals surface area contributed by atoms with Crippen molar-refractivity contribution in [2.45, 2.75) is 30.7 Å². The summed E-state index contributed by atoms with van der Waals surface area (Å²) >= 11 is 6.17. The molecule has 1 atom stereocenters. The molecule has 3 rings (SSSR count). The molecule has 0 fully saturated rings. The van der Waals surface area contributed by atoms with Crippen molar-refractivity contribution in [3.05, 3.63) is 95.5 Å². The molecule has 0 aromatic heterocycles. The maximum absolute atomic E-state index is 13.7. The summed E-state index contributed by atoms with van der Waals surface area (Å²) in [7, 11) is -2.58. The fourth-order valence-corrected chi connectivity index (χ4v) is 5.55. The summed E-state index contributed by atoms with van der Waals surface area (Å²) < 4.78 is 28.3. The number of sulfonamides is 1. The fraction of sp³-hybridized carbons (Fsp3) is 0.259. The zero-order valence-corrected chi connectivity index (χ0v) is 21.9. The molecule has 0 aliphatic heterocycles. The van der Waals surface area contributed by atoms with Crippen LogP contribution in [-0.2, 0) is 26.0 Å². The van der Waals surface area contributed by atoms with Crippen LogP contribution >= 0.6 is 11.6 Å². The first-order valence-electron chi connectivity index (χ1n) is 11.7. The summed E-state index contributed by atoms with van der Waals surface area (Å²) in [5.41, 5.74) is 1.27. The predicted octanol–water partition coefficient (Wildman–Crippen LogP) is 4.13. The van der Waals surface area contributed by atoms with Gasteiger partial charge in [-0.15, -0.1) is 0 Å². The van der Waals surface area contributed by atoms with Gasteiger partial charge in [0, 0.05) is 18.6 Å². The third-order valence-electron chi connectivity index (χ3n) is 5.82. The Morgan fingerprint density at radius 2 is 1.58 bits per heavy atom. The molecule has 3 aromatic carbocycles. The number of rotatable bonds is 11. The smallest absolute Gasteiger partial charge is 0.264 e. The lowest BCUT2D eigenvalue weighted by atomic mass is 10.1. The fourth-order valence-electron chi connectivity index (χ4n) is 3.94. The molecule has 0 bridgehead atoms. The van der Waals surface area contributed by atoms with E-state index >= 15 is 0 Å². The Kier molecular flexibility index (Phi) is 9.50. The number of hydrogen-bond acceptors (Lipinski definition) is 4. The van der Waals surface area contributed by atoms with E-state index in [9.17, 15) is 18.0 Å². The van der Waals surface area contributed by atoms with Gasteiger partial charge in [-0.2, -0.15) is 0 Å². The topological polar surface area (TPSA) is 86.8 Å². The molecule has 0 saturated heterocycles. The van der Waals surface area contributed by atoms with E-state index < -0.39 is 28.5 Å². The van der Waals surface area contributed by atoms with Gasteiger partial charge in [-0.05, 0) is 48.7 Å². The van der Waals surface area contributed by atoms with Crippen LogP contribution in [0.25, 0.3) is 0 Å². The van der Waals surface area contributed by atoms with E-state index in [1.54, 1.807) is 36.4 Å². The summed E-state index contributed by atoms with van der Waals surface area (Å²) in [5.74, 6) is -0.792. The van der Waals surface area contributed by atoms with Gasteiger partial charge in [0.1, 0.15) is 12.6 Å². The number of amides is 2. The minimum atomic E-state index is -4.10. The van der Waals surface area contributed by atoms with Crippen LogP contribution in [0.3, 0.4) is 0 Å². The van der Waals surface area contributed by atoms with Crippen LogP contribution in [0, 0.1) is 0 Å². The van der Waals surface area contributed by atoms with E-state index in [4.69, 9.17) is 11.6 Å². The summed E-state index contributed by atoms with van der Waals surface area (Å²) in [6, 6.07) is 23.1. The minimum absolute atomic E-state index is 0.0481. The first kappa shape index (κ1) is 27.2. The largest absolute Gasteiger partial charge is 0.357 e. The Morgan fingerprint density at radius 3 is 2.17 bits per heavy atom. The molecule has 2 amide bonds. The average Bonchev–Trinajstić information content (AvgIpc) is 2.90. The molecule has 3 aromatic rings. The van der Waals surface area contributed by atoms with Gasteiger partial charge in [0.05, 0.1) is 10.6 Å². The highest BCUT2D eigenvalue weighted by molar-refractivity contribution is 7.92. The number of carbonyl (C=O) groups excluding carboxylic acids is 2. The van der Waals surface area contributed by atoms with Crippen LogP contribution in [0.15, 0.2) is 89.8 Å². The molecule has 0 unspecified atom stereocenters. The molecule has 0 heterocycles. The van der Waals surface area contributed by atoms with Crippen LogP contribution in [0.1, 0.15) is 18.9 Å². The summed E-state index contributed by atoms with van der Waals surface area (Å²) in [4.78, 5) is 27.9. The molecule has 1 N–H and O–H groups in total. The Bertz CT molecular complexity index is 1270. The lowest BCUT2D eigenvalue weighted by Crippen LogP contribution is -2.52. The summed E-state index contributed by atoms with van der Waals surface area (Å²) in [6.45, 7) is 1.58. The third kappa shape index (κ3) is 6.65. The van der Waals surface area contributed by atoms with Crippen molar-refractivity contribution < 1.29 is 18.0 Å². The second-order valence-electron chi connectivity index (χ2n) is 8.17. The quantitative estimate of drug-likeness (QED) is 0.406. The van der Waals surface area contributed by atoms with E-state index in [0.29, 0.717) is 17.9 Å². The highest BCUT2D eigenvalue weighted by Crippen LogP contribution is 2.26. The Balaban J connectivity index is 1.99. The van der Waals surface area contributed by atoms with Crippen LogP contribution in [0.4, 0.5) is 5.69 Å². The van der Waals surface area contributed by atoms with Gasteiger partial charge in [-0.3, -0.25) is 13.9 Å². The molecule has 0 aliphatic carbocycles. The Morgan fingerprint density at radius 1 is 0.944 bits per heavy atom. The van der Waals surface area contributed by atoms with Gasteiger partial charge < -0.3 is 10.2 Å². The highest BCUT2D eigenvalue weighted by atomic mass is 35.5. The number of benzene rings is 3. The van der Waals surface area contributed by atoms with Crippen LogP contribution in [0.2, 0.25) is 5.02 Å². The SMILES string of the molecule is CC[C@H](C(=O)NC)N(CCc1ccccc1)C(=O)CN(c1cccc(Cl)c1)S(=O)(=O)c1ccccc1. The van der Waals surface area contributed by atoms with Crippen molar-refractivity contribution in [1.82, 2.24) is 10.2 Å². The van der Waals surface area contributed by atoms with Crippen molar-refractivity contribution in [1.29, 1.82) is 0 Å². The second-order valence-corrected chi connectivity index (χ2v) is 10.5. The highest BCUT2D eigenvalue weighted by Gasteiger charge is 2.33. The van der Waals surface area contributed by atoms with Gasteiger partial charge in [0.2, 0.25) is 11.8 Å². The van der Waals surface area contributed by atoms with Gasteiger partial charge in [-0.1, -0.05) is 73.1 Å². The first-order chi connectivity index (χ1) is 17.3. The van der Waals surface area contributed by atoms with E-state index in [2.05, 4.69) is 5.32 Å². The van der Waals surface area contributed by atoms with Gasteiger partial charge in [0.15, 0.2) is 0 Å². The van der Waals surface area contributed by atoms with E-state index in [0.717, 1.165) is 9.87 Å². The van der Waals surface area contributed by atoms with E-state index in [1.807, 2.05) is 37.3 Å². The standard InChI is InChI=1S/C27H30ClN3O4S/c1-3-25(27(33)29-2)30(18-17-21-11-6-4-7-12-21)26(32)20-31(23-14-10-13-22(28)19-23)36(34,35)24-15-8-5-9-16-24/h4-16,19,25H,3,17-18,20H2,1-2H3,(H,29,33)/t25-/m1/s1. The zero-order valence-electron chi connectivity index (χ0n) is 20.3. The van der Waals surface area contributed by atoms with Crippen molar-refractivity contribution in [3.63, 3.8) is 0 Å². The van der Waals surface area contributed by atoms with Gasteiger partial charge in [0.25, 0.3) is 10.0 Å². The lowest BCUT2D eigenvalue weighted by Gasteiger charge is -2.33. The minimum Gasteiger partial charge on any atom is -0.357 e. The number of halogens is 1. The molecule has 9 heteroatoms. The van der Waals surface area contributed by atoms with E-state index in [-0.39, 0.29) is 23.0 Å². The molecule has 0 radical (unpaired) electrons. The number of carbonyl (C=O) groups is 2. The number of nitrogens with zero attached hydrogens (tertiary/aromatic N) is 2. The molecule has 190 valence electrons. The second kappa shape index (κ2) is 12.6. The van der Waals surface area contributed by atoms with Gasteiger partial charge >= 0.3 is 0 Å². The van der Waals surface area contributed by atoms with Crippen molar-refractivity contribution in [2.24, 2.45) is 0 Å². The molecule has 36 heavy (non-hydrogen) atoms. The monoisotopic (exact) mass is 527 g/mol.